The van der Waals surface area contributed by atoms with Crippen molar-refractivity contribution >= 4 is 40.0 Å². The van der Waals surface area contributed by atoms with E-state index in [1.54, 1.807) is 18.5 Å². The summed E-state index contributed by atoms with van der Waals surface area (Å²) in [7, 11) is 0.369. The van der Waals surface area contributed by atoms with Crippen LogP contribution in [0, 0.1) is 5.41 Å². The Labute approximate surface area is 169 Å². The van der Waals surface area contributed by atoms with E-state index in [9.17, 15) is 8.42 Å². The molecule has 2 aliphatic rings. The van der Waals surface area contributed by atoms with Gasteiger partial charge in [-0.1, -0.05) is 6.42 Å². The molecule has 2 rings (SSSR count). The van der Waals surface area contributed by atoms with Crippen molar-refractivity contribution in [3.8, 4) is 0 Å². The highest BCUT2D eigenvalue weighted by atomic mass is 127. The largest absolute Gasteiger partial charge is 0.385 e. The molecule has 1 saturated carbocycles. The molecule has 9 heteroatoms. The molecule has 0 spiro atoms. The Kier molecular flexibility index (Phi) is 9.41. The molecule has 7 nitrogen and oxygen atoms in total. The number of methoxy groups -OCH3 is 1. The minimum Gasteiger partial charge on any atom is -0.385 e. The lowest BCUT2D eigenvalue weighted by molar-refractivity contribution is 0.0732. The summed E-state index contributed by atoms with van der Waals surface area (Å²) in [6.07, 6.45) is 7.91. The number of rotatable bonds is 8. The van der Waals surface area contributed by atoms with Gasteiger partial charge in [0.05, 0.1) is 6.26 Å². The van der Waals surface area contributed by atoms with E-state index in [1.165, 1.54) is 25.5 Å². The number of nitrogens with one attached hydrogen (secondary N) is 2. The van der Waals surface area contributed by atoms with Crippen LogP contribution < -0.4 is 10.6 Å². The highest BCUT2D eigenvalue weighted by Crippen LogP contribution is 2.43. The van der Waals surface area contributed by atoms with E-state index < -0.39 is 10.0 Å². The molecule has 1 atom stereocenters. The second-order valence-corrected chi connectivity index (χ2v) is 9.01. The van der Waals surface area contributed by atoms with Crippen LogP contribution in [0.25, 0.3) is 0 Å². The van der Waals surface area contributed by atoms with Crippen molar-refractivity contribution in [3.63, 3.8) is 0 Å². The van der Waals surface area contributed by atoms with Gasteiger partial charge in [-0.05, 0) is 37.5 Å². The molecule has 0 radical (unpaired) electrons. The van der Waals surface area contributed by atoms with Crippen LogP contribution in [0.2, 0.25) is 0 Å². The van der Waals surface area contributed by atoms with Crippen molar-refractivity contribution in [1.29, 1.82) is 0 Å². The van der Waals surface area contributed by atoms with E-state index in [0.717, 1.165) is 38.4 Å². The molecule has 1 heterocycles. The van der Waals surface area contributed by atoms with E-state index in [2.05, 4.69) is 15.6 Å². The fourth-order valence-electron chi connectivity index (χ4n) is 3.67. The number of nitrogens with zero attached hydrogens (tertiary/aromatic N) is 2. The maximum Gasteiger partial charge on any atom is 0.211 e. The van der Waals surface area contributed by atoms with Crippen molar-refractivity contribution in [3.05, 3.63) is 0 Å². The number of hydrogen-bond acceptors (Lipinski definition) is 4. The Morgan fingerprint density at radius 1 is 1.32 bits per heavy atom. The van der Waals surface area contributed by atoms with Gasteiger partial charge in [0, 0.05) is 46.4 Å². The van der Waals surface area contributed by atoms with Gasteiger partial charge in [-0.3, -0.25) is 4.99 Å². The molecule has 1 aliphatic carbocycles. The van der Waals surface area contributed by atoms with Gasteiger partial charge in [-0.25, -0.2) is 8.42 Å². The number of hydrogen-bond donors (Lipinski definition) is 2. The van der Waals surface area contributed by atoms with Crippen LogP contribution in [-0.2, 0) is 14.8 Å². The zero-order chi connectivity index (χ0) is 17.6. The first-order chi connectivity index (χ1) is 11.4. The van der Waals surface area contributed by atoms with Crippen molar-refractivity contribution < 1.29 is 13.2 Å². The van der Waals surface area contributed by atoms with Crippen molar-refractivity contribution in [2.45, 2.75) is 44.6 Å². The minimum absolute atomic E-state index is 0. The Bertz CT molecular complexity index is 537. The molecule has 0 aromatic carbocycles. The third kappa shape index (κ3) is 6.51. The van der Waals surface area contributed by atoms with Gasteiger partial charge in [0.1, 0.15) is 0 Å². The van der Waals surface area contributed by atoms with Crippen LogP contribution in [0.5, 0.6) is 0 Å². The standard InChI is InChI=1S/C16H32N4O3S.HI/c1-17-15(19-13-16(7-5-8-16)9-11-23-2)18-12-14-6-4-10-20(14)24(3,21)22;/h14H,4-13H2,1-3H3,(H2,17,18,19);1H/t14-;/m1./s1. The van der Waals surface area contributed by atoms with Crippen LogP contribution in [0.3, 0.4) is 0 Å². The SMILES string of the molecule is CN=C(NC[C@H]1CCCN1S(C)(=O)=O)NCC1(CCOC)CCC1.I. The van der Waals surface area contributed by atoms with Crippen molar-refractivity contribution in [2.24, 2.45) is 10.4 Å². The molecule has 0 aromatic heterocycles. The van der Waals surface area contributed by atoms with Crippen LogP contribution in [-0.4, -0.2) is 71.4 Å². The third-order valence-electron chi connectivity index (χ3n) is 5.36. The van der Waals surface area contributed by atoms with Crippen LogP contribution in [0.4, 0.5) is 0 Å². The Balaban J connectivity index is 0.00000312. The first-order valence-electron chi connectivity index (χ1n) is 8.80. The first-order valence-corrected chi connectivity index (χ1v) is 10.7. The average molecular weight is 488 g/mol. The molecule has 148 valence electrons. The molecule has 0 aromatic rings. The van der Waals surface area contributed by atoms with Crippen LogP contribution in [0.15, 0.2) is 4.99 Å². The lowest BCUT2D eigenvalue weighted by Gasteiger charge is -2.42. The minimum atomic E-state index is -3.13. The molecule has 2 N–H and O–H groups in total. The summed E-state index contributed by atoms with van der Waals surface area (Å²) in [6, 6.07) is 0.0182. The van der Waals surface area contributed by atoms with Gasteiger partial charge in [0.2, 0.25) is 10.0 Å². The second-order valence-electron chi connectivity index (χ2n) is 7.07. The normalized spacial score (nSPS) is 23.6. The van der Waals surface area contributed by atoms with Crippen LogP contribution in [0.1, 0.15) is 38.5 Å². The van der Waals surface area contributed by atoms with E-state index in [0.29, 0.717) is 18.5 Å². The van der Waals surface area contributed by atoms with Crippen molar-refractivity contribution in [1.82, 2.24) is 14.9 Å². The Morgan fingerprint density at radius 3 is 2.56 bits per heavy atom. The summed E-state index contributed by atoms with van der Waals surface area (Å²) in [5, 5.41) is 6.71. The lowest BCUT2D eigenvalue weighted by atomic mass is 9.67. The van der Waals surface area contributed by atoms with E-state index in [-0.39, 0.29) is 30.0 Å². The Hall–Kier alpha value is -0.130. The van der Waals surface area contributed by atoms with Crippen molar-refractivity contribution in [2.75, 3.05) is 46.7 Å². The van der Waals surface area contributed by atoms with E-state index in [4.69, 9.17) is 4.74 Å². The zero-order valence-electron chi connectivity index (χ0n) is 15.6. The van der Waals surface area contributed by atoms with Gasteiger partial charge in [-0.15, -0.1) is 24.0 Å². The molecule has 1 aliphatic heterocycles. The maximum atomic E-state index is 11.8. The molecule has 0 bridgehead atoms. The highest BCUT2D eigenvalue weighted by Gasteiger charge is 2.36. The number of aliphatic imine (C=N–C) groups is 1. The molecule has 25 heavy (non-hydrogen) atoms. The molecule has 0 unspecified atom stereocenters. The van der Waals surface area contributed by atoms with Gasteiger partial charge in [-0.2, -0.15) is 4.31 Å². The number of sulfonamides is 1. The number of ether oxygens (including phenoxy) is 1. The predicted molar refractivity (Wildman–Crippen MR) is 112 cm³/mol. The molecule has 1 saturated heterocycles. The summed E-state index contributed by atoms with van der Waals surface area (Å²) in [6.45, 7) is 2.89. The van der Waals surface area contributed by atoms with Crippen LogP contribution >= 0.6 is 24.0 Å². The van der Waals surface area contributed by atoms with E-state index >= 15 is 0 Å². The highest BCUT2D eigenvalue weighted by molar-refractivity contribution is 14.0. The van der Waals surface area contributed by atoms with Gasteiger partial charge in [0.25, 0.3) is 0 Å². The average Bonchev–Trinajstić information content (AvgIpc) is 2.97. The molecule has 0 amide bonds. The summed E-state index contributed by atoms with van der Waals surface area (Å²) in [5.41, 5.74) is 0.319. The fourth-order valence-corrected chi connectivity index (χ4v) is 4.85. The summed E-state index contributed by atoms with van der Waals surface area (Å²) in [4.78, 5) is 4.27. The van der Waals surface area contributed by atoms with Gasteiger partial charge < -0.3 is 15.4 Å². The second kappa shape index (κ2) is 10.3. The first kappa shape index (κ1) is 22.9. The summed E-state index contributed by atoms with van der Waals surface area (Å²) < 4.78 is 30.4. The lowest BCUT2D eigenvalue weighted by Crippen LogP contribution is -2.50. The fraction of sp³-hybridized carbons (Fsp3) is 0.938. The predicted octanol–water partition coefficient (Wildman–Crippen LogP) is 1.40. The van der Waals surface area contributed by atoms with Gasteiger partial charge in [0.15, 0.2) is 5.96 Å². The molecular formula is C16H33IN4O3S. The molecular weight excluding hydrogens is 455 g/mol. The van der Waals surface area contributed by atoms with E-state index in [1.807, 2.05) is 0 Å². The molecule has 2 fully saturated rings. The maximum absolute atomic E-state index is 11.8. The summed E-state index contributed by atoms with van der Waals surface area (Å²) >= 11 is 0. The Morgan fingerprint density at radius 2 is 2.04 bits per heavy atom. The number of halogens is 1. The zero-order valence-corrected chi connectivity index (χ0v) is 18.7. The quantitative estimate of drug-likeness (QED) is 0.307. The summed E-state index contributed by atoms with van der Waals surface area (Å²) in [5.74, 6) is 0.749. The topological polar surface area (TPSA) is 83.0 Å². The smallest absolute Gasteiger partial charge is 0.211 e. The van der Waals surface area contributed by atoms with Gasteiger partial charge >= 0.3 is 0 Å². The number of guanidine groups is 1. The third-order valence-corrected chi connectivity index (χ3v) is 6.69. The monoisotopic (exact) mass is 488 g/mol.